The van der Waals surface area contributed by atoms with E-state index in [0.717, 1.165) is 31.2 Å². The SMILES string of the molecule is Cc1ccc(F)cc1C(=O)NCC1(N)CCCCC1.Cl. The van der Waals surface area contributed by atoms with Crippen LogP contribution in [0.5, 0.6) is 0 Å². The van der Waals surface area contributed by atoms with Gasteiger partial charge >= 0.3 is 0 Å². The lowest BCUT2D eigenvalue weighted by Gasteiger charge is -2.33. The van der Waals surface area contributed by atoms with Crippen molar-refractivity contribution in [2.75, 3.05) is 6.54 Å². The standard InChI is InChI=1S/C15H21FN2O.ClH/c1-11-5-6-12(16)9-13(11)14(19)18-10-15(17)7-3-2-4-8-15;/h5-6,9H,2-4,7-8,10,17H2,1H3,(H,18,19);1H. The van der Waals surface area contributed by atoms with Crippen molar-refractivity contribution in [3.8, 4) is 0 Å². The third-order valence-corrected chi connectivity index (χ3v) is 3.89. The summed E-state index contributed by atoms with van der Waals surface area (Å²) in [5.74, 6) is -0.636. The van der Waals surface area contributed by atoms with Gasteiger partial charge in [-0.15, -0.1) is 12.4 Å². The van der Waals surface area contributed by atoms with Crippen LogP contribution >= 0.6 is 12.4 Å². The van der Waals surface area contributed by atoms with E-state index < -0.39 is 5.82 Å². The Balaban J connectivity index is 0.00000200. The molecule has 0 aliphatic heterocycles. The molecule has 1 aromatic rings. The van der Waals surface area contributed by atoms with Gasteiger partial charge in [-0.25, -0.2) is 4.39 Å². The van der Waals surface area contributed by atoms with Gasteiger partial charge in [-0.3, -0.25) is 4.79 Å². The minimum atomic E-state index is -0.393. The average Bonchev–Trinajstić information content (AvgIpc) is 2.40. The second kappa shape index (κ2) is 7.04. The van der Waals surface area contributed by atoms with Gasteiger partial charge in [0.05, 0.1) is 0 Å². The van der Waals surface area contributed by atoms with Crippen molar-refractivity contribution in [1.29, 1.82) is 0 Å². The number of halogens is 2. The minimum Gasteiger partial charge on any atom is -0.350 e. The number of hydrogen-bond donors (Lipinski definition) is 2. The molecule has 1 aromatic carbocycles. The first-order chi connectivity index (χ1) is 9.00. The van der Waals surface area contributed by atoms with Crippen LogP contribution in [0.3, 0.4) is 0 Å². The van der Waals surface area contributed by atoms with Crippen LogP contribution in [0.4, 0.5) is 4.39 Å². The van der Waals surface area contributed by atoms with E-state index >= 15 is 0 Å². The summed E-state index contributed by atoms with van der Waals surface area (Å²) < 4.78 is 13.2. The molecule has 20 heavy (non-hydrogen) atoms. The maximum atomic E-state index is 13.2. The summed E-state index contributed by atoms with van der Waals surface area (Å²) in [7, 11) is 0. The Kier molecular flexibility index (Phi) is 5.96. The Bertz CT molecular complexity index is 473. The van der Waals surface area contributed by atoms with Gasteiger partial charge in [-0.05, 0) is 37.5 Å². The van der Waals surface area contributed by atoms with Gasteiger partial charge in [0, 0.05) is 17.6 Å². The molecule has 112 valence electrons. The molecule has 1 aliphatic carbocycles. The fourth-order valence-corrected chi connectivity index (χ4v) is 2.62. The van der Waals surface area contributed by atoms with Gasteiger partial charge in [0.15, 0.2) is 0 Å². The molecule has 1 saturated carbocycles. The number of nitrogens with one attached hydrogen (secondary N) is 1. The summed E-state index contributed by atoms with van der Waals surface area (Å²) in [6.07, 6.45) is 5.33. The second-order valence-corrected chi connectivity index (χ2v) is 5.56. The first-order valence-corrected chi connectivity index (χ1v) is 6.83. The molecule has 0 radical (unpaired) electrons. The summed E-state index contributed by atoms with van der Waals surface area (Å²) >= 11 is 0. The van der Waals surface area contributed by atoms with Crippen LogP contribution in [0.25, 0.3) is 0 Å². The summed E-state index contributed by atoms with van der Waals surface area (Å²) in [6, 6.07) is 4.25. The van der Waals surface area contributed by atoms with Gasteiger partial charge in [-0.1, -0.05) is 25.3 Å². The predicted octanol–water partition coefficient (Wildman–Crippen LogP) is 2.95. The number of rotatable bonds is 3. The van der Waals surface area contributed by atoms with Crippen molar-refractivity contribution >= 4 is 18.3 Å². The molecule has 1 aliphatic rings. The lowest BCUT2D eigenvalue weighted by Crippen LogP contribution is -2.51. The fourth-order valence-electron chi connectivity index (χ4n) is 2.62. The predicted molar refractivity (Wildman–Crippen MR) is 80.7 cm³/mol. The molecule has 5 heteroatoms. The van der Waals surface area contributed by atoms with Crippen molar-refractivity contribution in [3.63, 3.8) is 0 Å². The number of nitrogens with two attached hydrogens (primary N) is 1. The Morgan fingerprint density at radius 2 is 2.00 bits per heavy atom. The molecular formula is C15H22ClFN2O. The van der Waals surface area contributed by atoms with Gasteiger partial charge in [0.1, 0.15) is 5.82 Å². The van der Waals surface area contributed by atoms with Gasteiger partial charge in [0.2, 0.25) is 0 Å². The van der Waals surface area contributed by atoms with Crippen LogP contribution in [-0.2, 0) is 0 Å². The third kappa shape index (κ3) is 4.18. The van der Waals surface area contributed by atoms with E-state index in [2.05, 4.69) is 5.32 Å². The molecule has 0 saturated heterocycles. The molecule has 0 aromatic heterocycles. The molecule has 0 spiro atoms. The summed E-state index contributed by atoms with van der Waals surface area (Å²) in [4.78, 5) is 12.1. The zero-order valence-electron chi connectivity index (χ0n) is 11.7. The topological polar surface area (TPSA) is 55.1 Å². The number of carbonyl (C=O) groups is 1. The largest absolute Gasteiger partial charge is 0.350 e. The van der Waals surface area contributed by atoms with E-state index in [9.17, 15) is 9.18 Å². The Hall–Kier alpha value is -1.13. The Labute approximate surface area is 125 Å². The molecule has 0 bridgehead atoms. The Morgan fingerprint density at radius 1 is 1.35 bits per heavy atom. The highest BCUT2D eigenvalue weighted by molar-refractivity contribution is 5.95. The second-order valence-electron chi connectivity index (χ2n) is 5.56. The number of hydrogen-bond acceptors (Lipinski definition) is 2. The van der Waals surface area contributed by atoms with Gasteiger partial charge in [0.25, 0.3) is 5.91 Å². The number of carbonyl (C=O) groups excluding carboxylic acids is 1. The van der Waals surface area contributed by atoms with Crippen LogP contribution in [-0.4, -0.2) is 18.0 Å². The van der Waals surface area contributed by atoms with Crippen molar-refractivity contribution in [1.82, 2.24) is 5.32 Å². The van der Waals surface area contributed by atoms with Crippen molar-refractivity contribution < 1.29 is 9.18 Å². The van der Waals surface area contributed by atoms with Crippen molar-refractivity contribution in [3.05, 3.63) is 35.1 Å². The highest BCUT2D eigenvalue weighted by Crippen LogP contribution is 2.25. The van der Waals surface area contributed by atoms with E-state index in [4.69, 9.17) is 5.73 Å². The normalized spacial score (nSPS) is 17.1. The van der Waals surface area contributed by atoms with Gasteiger partial charge < -0.3 is 11.1 Å². The average molecular weight is 301 g/mol. The lowest BCUT2D eigenvalue weighted by molar-refractivity contribution is 0.0936. The minimum absolute atomic E-state index is 0. The highest BCUT2D eigenvalue weighted by Gasteiger charge is 2.28. The van der Waals surface area contributed by atoms with Gasteiger partial charge in [-0.2, -0.15) is 0 Å². The van der Waals surface area contributed by atoms with E-state index in [1.807, 2.05) is 0 Å². The van der Waals surface area contributed by atoms with E-state index in [0.29, 0.717) is 12.1 Å². The molecule has 3 nitrogen and oxygen atoms in total. The summed E-state index contributed by atoms with van der Waals surface area (Å²) in [5, 5.41) is 2.85. The van der Waals surface area contributed by atoms with Crippen molar-refractivity contribution in [2.45, 2.75) is 44.6 Å². The van der Waals surface area contributed by atoms with Crippen LogP contribution in [0.2, 0.25) is 0 Å². The molecule has 0 atom stereocenters. The van der Waals surface area contributed by atoms with Crippen LogP contribution in [0.15, 0.2) is 18.2 Å². The van der Waals surface area contributed by atoms with Crippen LogP contribution in [0.1, 0.15) is 48.0 Å². The maximum Gasteiger partial charge on any atom is 0.251 e. The first-order valence-electron chi connectivity index (χ1n) is 6.83. The van der Waals surface area contributed by atoms with E-state index in [1.54, 1.807) is 13.0 Å². The van der Waals surface area contributed by atoms with Crippen LogP contribution in [0, 0.1) is 12.7 Å². The molecular weight excluding hydrogens is 279 g/mol. The molecule has 1 fully saturated rings. The smallest absolute Gasteiger partial charge is 0.251 e. The monoisotopic (exact) mass is 300 g/mol. The molecule has 2 rings (SSSR count). The molecule has 0 heterocycles. The van der Waals surface area contributed by atoms with Crippen LogP contribution < -0.4 is 11.1 Å². The first kappa shape index (κ1) is 16.9. The zero-order chi connectivity index (χ0) is 13.9. The number of benzene rings is 1. The zero-order valence-corrected chi connectivity index (χ0v) is 12.6. The number of aryl methyl sites for hydroxylation is 1. The van der Waals surface area contributed by atoms with E-state index in [1.165, 1.54) is 18.6 Å². The quantitative estimate of drug-likeness (QED) is 0.902. The maximum absolute atomic E-state index is 13.2. The highest BCUT2D eigenvalue weighted by atomic mass is 35.5. The molecule has 3 N–H and O–H groups in total. The molecule has 1 amide bonds. The molecule has 0 unspecified atom stereocenters. The fraction of sp³-hybridized carbons (Fsp3) is 0.533. The Morgan fingerprint density at radius 3 is 2.65 bits per heavy atom. The summed E-state index contributed by atoms with van der Waals surface area (Å²) in [5.41, 5.74) is 7.13. The number of amides is 1. The van der Waals surface area contributed by atoms with Crippen molar-refractivity contribution in [2.24, 2.45) is 5.73 Å². The van der Waals surface area contributed by atoms with E-state index in [-0.39, 0.29) is 23.9 Å². The lowest BCUT2D eigenvalue weighted by atomic mass is 9.82. The third-order valence-electron chi connectivity index (χ3n) is 3.89. The summed E-state index contributed by atoms with van der Waals surface area (Å²) in [6.45, 7) is 2.26.